The van der Waals surface area contributed by atoms with E-state index < -0.39 is 0 Å². The lowest BCUT2D eigenvalue weighted by molar-refractivity contribution is 1.13. The van der Waals surface area contributed by atoms with Gasteiger partial charge in [0.25, 0.3) is 0 Å². The second kappa shape index (κ2) is 11.3. The van der Waals surface area contributed by atoms with Gasteiger partial charge in [-0.3, -0.25) is 0 Å². The molecule has 0 radical (unpaired) electrons. The summed E-state index contributed by atoms with van der Waals surface area (Å²) in [5, 5.41) is 0. The van der Waals surface area contributed by atoms with E-state index in [1.54, 1.807) is 0 Å². The van der Waals surface area contributed by atoms with E-state index in [-0.39, 0.29) is 7.30 Å². The Morgan fingerprint density at radius 3 is 2.08 bits per heavy atom. The summed E-state index contributed by atoms with van der Waals surface area (Å²) in [6.07, 6.45) is 4.45. The molecule has 0 saturated heterocycles. The van der Waals surface area contributed by atoms with Gasteiger partial charge in [-0.2, -0.15) is 0 Å². The summed E-state index contributed by atoms with van der Waals surface area (Å²) < 4.78 is 0. The van der Waals surface area contributed by atoms with Crippen LogP contribution in [0.3, 0.4) is 0 Å². The van der Waals surface area contributed by atoms with Crippen LogP contribution in [0.15, 0.2) is 36.4 Å². The van der Waals surface area contributed by atoms with Gasteiger partial charge in [-0.15, -0.1) is 36.0 Å². The van der Waals surface area contributed by atoms with Crippen LogP contribution in [0, 0.1) is 0 Å². The van der Waals surface area contributed by atoms with Crippen molar-refractivity contribution in [2.75, 3.05) is 0 Å². The summed E-state index contributed by atoms with van der Waals surface area (Å²) in [4.78, 5) is 0. The van der Waals surface area contributed by atoms with E-state index >= 15 is 0 Å². The van der Waals surface area contributed by atoms with Crippen molar-refractivity contribution in [3.8, 4) is 11.1 Å². The average Bonchev–Trinajstić information content (AvgIpc) is 2.61. The SMILES string of the molecule is CCc1cccc(CP)c1-c1c(CPP)cccc1CP(P)PP. The van der Waals surface area contributed by atoms with E-state index in [2.05, 4.69) is 79.3 Å². The average molecular weight is 448 g/mol. The van der Waals surface area contributed by atoms with Crippen molar-refractivity contribution in [1.82, 2.24) is 0 Å². The van der Waals surface area contributed by atoms with Gasteiger partial charge < -0.3 is 0 Å². The zero-order valence-corrected chi connectivity index (χ0v) is 21.6. The molecule has 24 heavy (non-hydrogen) atoms. The van der Waals surface area contributed by atoms with E-state index in [9.17, 15) is 0 Å². The lowest BCUT2D eigenvalue weighted by atomic mass is 9.88. The third kappa shape index (κ3) is 5.48. The zero-order valence-electron chi connectivity index (χ0n) is 14.0. The van der Waals surface area contributed by atoms with Gasteiger partial charge in [-0.05, 0) is 52.1 Å². The van der Waals surface area contributed by atoms with Crippen LogP contribution in [0.25, 0.3) is 11.1 Å². The van der Waals surface area contributed by atoms with Crippen molar-refractivity contribution in [1.29, 1.82) is 0 Å². The molecule has 0 aromatic heterocycles. The van der Waals surface area contributed by atoms with Crippen molar-refractivity contribution in [3.63, 3.8) is 0 Å². The highest BCUT2D eigenvalue weighted by Gasteiger charge is 2.17. The minimum Gasteiger partial charge on any atom is -0.133 e. The smallest absolute Gasteiger partial charge is 0.000654 e. The Labute approximate surface area is 161 Å². The van der Waals surface area contributed by atoms with Crippen LogP contribution < -0.4 is 0 Å². The van der Waals surface area contributed by atoms with Crippen LogP contribution in [0.2, 0.25) is 0 Å². The van der Waals surface area contributed by atoms with Gasteiger partial charge in [0.1, 0.15) is 0 Å². The topological polar surface area (TPSA) is 0 Å². The molecule has 0 bridgehead atoms. The number of rotatable bonds is 8. The first kappa shape index (κ1) is 21.7. The normalized spacial score (nSPS) is 13.4. The van der Waals surface area contributed by atoms with Crippen molar-refractivity contribution in [3.05, 3.63) is 58.7 Å². The minimum atomic E-state index is -0.0114. The van der Waals surface area contributed by atoms with Gasteiger partial charge >= 0.3 is 0 Å². The molecule has 0 nitrogen and oxygen atoms in total. The first-order valence-electron chi connectivity index (χ1n) is 8.00. The molecular formula is C17H27P7. The summed E-state index contributed by atoms with van der Waals surface area (Å²) >= 11 is 0. The molecule has 0 aliphatic rings. The molecule has 2 rings (SSSR count). The molecule has 0 aliphatic carbocycles. The number of hydrogen-bond donors (Lipinski definition) is 0. The maximum absolute atomic E-state index is 3.08. The molecular weight excluding hydrogens is 421 g/mol. The third-order valence-electron chi connectivity index (χ3n) is 4.12. The molecule has 7 heteroatoms. The largest absolute Gasteiger partial charge is 0.133 e. The zero-order chi connectivity index (χ0) is 17.5. The summed E-state index contributed by atoms with van der Waals surface area (Å²) in [7, 11) is 13.7. The Hall–Kier alpha value is 1.45. The summed E-state index contributed by atoms with van der Waals surface area (Å²) in [6, 6.07) is 13.8. The molecule has 0 saturated carbocycles. The second-order valence-corrected chi connectivity index (χ2v) is 17.7. The molecule has 2 aromatic carbocycles. The van der Waals surface area contributed by atoms with Crippen LogP contribution in [-0.2, 0) is 24.9 Å². The first-order chi connectivity index (χ1) is 11.7. The van der Waals surface area contributed by atoms with E-state index in [0.29, 0.717) is 0 Å². The maximum atomic E-state index is 3.08. The van der Waals surface area contributed by atoms with E-state index in [1.807, 2.05) is 0 Å². The summed E-state index contributed by atoms with van der Waals surface area (Å²) in [5.41, 5.74) is 9.03. The van der Waals surface area contributed by atoms with Gasteiger partial charge in [0, 0.05) is 6.16 Å². The van der Waals surface area contributed by atoms with Crippen LogP contribution in [0.4, 0.5) is 0 Å². The Bertz CT molecular complexity index is 650. The fraction of sp³-hybridized carbons (Fsp3) is 0.294. The van der Waals surface area contributed by atoms with Crippen LogP contribution in [0.5, 0.6) is 0 Å². The molecule has 0 aliphatic heterocycles. The lowest BCUT2D eigenvalue weighted by Crippen LogP contribution is -2.00. The Kier molecular flexibility index (Phi) is 10.3. The van der Waals surface area contributed by atoms with Gasteiger partial charge in [0.15, 0.2) is 0 Å². The fourth-order valence-corrected chi connectivity index (χ4v) is 7.46. The fourth-order valence-electron chi connectivity index (χ4n) is 3.03. The number of aryl methyl sites for hydroxylation is 1. The number of benzene rings is 2. The molecule has 0 fully saturated rings. The third-order valence-corrected chi connectivity index (χ3v) is 15.8. The Balaban J connectivity index is 2.71. The van der Waals surface area contributed by atoms with Crippen molar-refractivity contribution in [2.24, 2.45) is 0 Å². The minimum absolute atomic E-state index is 0.0114. The monoisotopic (exact) mass is 448 g/mol. The van der Waals surface area contributed by atoms with E-state index in [4.69, 9.17) is 0 Å². The molecule has 2 aromatic rings. The Morgan fingerprint density at radius 2 is 1.50 bits per heavy atom. The van der Waals surface area contributed by atoms with E-state index in [1.165, 1.54) is 39.5 Å². The molecule has 7 atom stereocenters. The van der Waals surface area contributed by atoms with Gasteiger partial charge in [0.2, 0.25) is 0 Å². The molecule has 0 heterocycles. The van der Waals surface area contributed by atoms with Crippen molar-refractivity contribution in [2.45, 2.75) is 31.8 Å². The Morgan fingerprint density at radius 1 is 0.917 bits per heavy atom. The summed E-state index contributed by atoms with van der Waals surface area (Å²) in [6.45, 7) is 2.28. The standard InChI is InChI=1S/C17H27P7/c1-2-12-5-3-6-13(9-18)16(12)17-14(10-22-19)7-4-8-15(17)11-24(21)23-20/h3-8,22-23H,2,9-11,18-21H2,1H3. The first-order valence-corrected chi connectivity index (χ1v) is 18.6. The quantitative estimate of drug-likeness (QED) is 0.369. The predicted octanol–water partition coefficient (Wildman–Crippen LogP) is 7.42. The van der Waals surface area contributed by atoms with Gasteiger partial charge in [-0.1, -0.05) is 66.8 Å². The molecule has 0 N–H and O–H groups in total. The maximum Gasteiger partial charge on any atom is 0.000654 e. The van der Waals surface area contributed by atoms with Crippen LogP contribution in [-0.4, -0.2) is 0 Å². The van der Waals surface area contributed by atoms with Crippen LogP contribution >= 0.6 is 59.6 Å². The second-order valence-electron chi connectivity index (χ2n) is 5.60. The van der Waals surface area contributed by atoms with Crippen molar-refractivity contribution >= 4 is 59.6 Å². The molecule has 7 unspecified atom stereocenters. The van der Waals surface area contributed by atoms with Crippen LogP contribution in [0.1, 0.15) is 29.2 Å². The summed E-state index contributed by atoms with van der Waals surface area (Å²) in [5.74, 6) is 0. The molecule has 0 spiro atoms. The van der Waals surface area contributed by atoms with E-state index in [0.717, 1.165) is 35.0 Å². The van der Waals surface area contributed by atoms with Crippen molar-refractivity contribution < 1.29 is 0 Å². The molecule has 130 valence electrons. The van der Waals surface area contributed by atoms with Gasteiger partial charge in [-0.25, -0.2) is 0 Å². The van der Waals surface area contributed by atoms with Gasteiger partial charge in [0.05, 0.1) is 0 Å². The predicted molar refractivity (Wildman–Crippen MR) is 135 cm³/mol. The highest BCUT2D eigenvalue weighted by molar-refractivity contribution is 8.60. The lowest BCUT2D eigenvalue weighted by Gasteiger charge is -2.22. The number of hydrogen-bond acceptors (Lipinski definition) is 0. The highest BCUT2D eigenvalue weighted by Crippen LogP contribution is 2.68. The molecule has 0 amide bonds. The highest BCUT2D eigenvalue weighted by atomic mass is 32.6.